The molecule has 0 aromatic heterocycles. The summed E-state index contributed by atoms with van der Waals surface area (Å²) in [4.78, 5) is 11.5. The number of nitrogens with one attached hydrogen (secondary N) is 2. The van der Waals surface area contributed by atoms with Crippen LogP contribution in [-0.2, 0) is 4.79 Å². The van der Waals surface area contributed by atoms with Crippen LogP contribution in [0.15, 0.2) is 0 Å². The van der Waals surface area contributed by atoms with Gasteiger partial charge in [-0.3, -0.25) is 4.79 Å². The van der Waals surface area contributed by atoms with Crippen LogP contribution in [0.2, 0.25) is 0 Å². The third kappa shape index (κ3) is 6.38. The molecule has 0 saturated carbocycles. The van der Waals surface area contributed by atoms with Gasteiger partial charge in [0.2, 0.25) is 5.91 Å². The maximum absolute atomic E-state index is 11.5. The zero-order chi connectivity index (χ0) is 11.6. The Bertz CT molecular complexity index is 193. The lowest BCUT2D eigenvalue weighted by atomic mass is 9.94. The van der Waals surface area contributed by atoms with E-state index < -0.39 is 0 Å². The van der Waals surface area contributed by atoms with Crippen LogP contribution in [0.1, 0.15) is 32.1 Å². The Balaban J connectivity index is 1.96. The Kier molecular flexibility index (Phi) is 7.68. The van der Waals surface area contributed by atoms with E-state index in [1.54, 1.807) is 0 Å². The largest absolute Gasteiger partial charge is 0.356 e. The average Bonchev–Trinajstić information content (AvgIpc) is 2.33. The normalized spacial score (nSPS) is 20.7. The average molecular weight is 244 g/mol. The quantitative estimate of drug-likeness (QED) is 0.669. The van der Waals surface area contributed by atoms with E-state index in [1.165, 1.54) is 12.8 Å². The van der Waals surface area contributed by atoms with Crippen LogP contribution in [0.25, 0.3) is 0 Å². The molecule has 1 saturated heterocycles. The number of hydrogen-bond donors (Lipinski definition) is 2. The molecule has 1 rings (SSSR count). The summed E-state index contributed by atoms with van der Waals surface area (Å²) in [6, 6.07) is 0. The van der Waals surface area contributed by atoms with Crippen molar-refractivity contribution in [1.29, 1.82) is 0 Å². The Morgan fingerprint density at radius 2 is 2.44 bits per heavy atom. The van der Waals surface area contributed by atoms with E-state index in [0.717, 1.165) is 38.2 Å². The molecular weight excluding hydrogens is 220 g/mol. The van der Waals surface area contributed by atoms with Gasteiger partial charge in [0, 0.05) is 13.0 Å². The molecule has 0 radical (unpaired) electrons. The van der Waals surface area contributed by atoms with Gasteiger partial charge in [-0.05, 0) is 56.7 Å². The van der Waals surface area contributed by atoms with Crippen molar-refractivity contribution in [2.24, 2.45) is 5.92 Å². The van der Waals surface area contributed by atoms with Crippen LogP contribution in [-0.4, -0.2) is 37.6 Å². The van der Waals surface area contributed by atoms with Crippen LogP contribution in [0.4, 0.5) is 0 Å². The Morgan fingerprint density at radius 3 is 3.12 bits per heavy atom. The summed E-state index contributed by atoms with van der Waals surface area (Å²) in [5.74, 6) is 2.07. The van der Waals surface area contributed by atoms with E-state index in [1.807, 2.05) is 11.8 Å². The van der Waals surface area contributed by atoms with Crippen LogP contribution in [0.5, 0.6) is 0 Å². The first-order valence-corrected chi connectivity index (χ1v) is 7.68. The highest BCUT2D eigenvalue weighted by Gasteiger charge is 2.13. The maximum atomic E-state index is 11.5. The number of rotatable bonds is 7. The van der Waals surface area contributed by atoms with Gasteiger partial charge in [-0.2, -0.15) is 11.8 Å². The molecule has 1 amide bonds. The van der Waals surface area contributed by atoms with Gasteiger partial charge in [-0.25, -0.2) is 0 Å². The fraction of sp³-hybridized carbons (Fsp3) is 0.917. The molecule has 1 atom stereocenters. The predicted octanol–water partition coefficient (Wildman–Crippen LogP) is 1.64. The van der Waals surface area contributed by atoms with Gasteiger partial charge >= 0.3 is 0 Å². The highest BCUT2D eigenvalue weighted by atomic mass is 32.2. The van der Waals surface area contributed by atoms with Gasteiger partial charge < -0.3 is 10.6 Å². The maximum Gasteiger partial charge on any atom is 0.220 e. The third-order valence-electron chi connectivity index (χ3n) is 3.03. The van der Waals surface area contributed by atoms with E-state index in [-0.39, 0.29) is 5.91 Å². The summed E-state index contributed by atoms with van der Waals surface area (Å²) >= 11 is 1.83. The smallest absolute Gasteiger partial charge is 0.220 e. The lowest BCUT2D eigenvalue weighted by molar-refractivity contribution is -0.121. The fourth-order valence-electron chi connectivity index (χ4n) is 2.04. The number of piperidine rings is 1. The molecule has 1 aliphatic rings. The SMILES string of the molecule is CSCCCNC(=O)CCC1CCCNC1. The summed E-state index contributed by atoms with van der Waals surface area (Å²) in [6.45, 7) is 3.08. The van der Waals surface area contributed by atoms with Crippen molar-refractivity contribution in [3.63, 3.8) is 0 Å². The van der Waals surface area contributed by atoms with Crippen molar-refractivity contribution < 1.29 is 4.79 Å². The predicted molar refractivity (Wildman–Crippen MR) is 70.8 cm³/mol. The highest BCUT2D eigenvalue weighted by Crippen LogP contribution is 2.15. The minimum atomic E-state index is 0.228. The minimum absolute atomic E-state index is 0.228. The van der Waals surface area contributed by atoms with E-state index in [0.29, 0.717) is 12.3 Å². The molecule has 2 N–H and O–H groups in total. The Labute approximate surface area is 103 Å². The monoisotopic (exact) mass is 244 g/mol. The van der Waals surface area contributed by atoms with Gasteiger partial charge in [-0.1, -0.05) is 0 Å². The lowest BCUT2D eigenvalue weighted by Crippen LogP contribution is -2.31. The molecule has 4 heteroatoms. The number of carbonyl (C=O) groups is 1. The topological polar surface area (TPSA) is 41.1 Å². The molecule has 1 fully saturated rings. The van der Waals surface area contributed by atoms with Crippen molar-refractivity contribution in [2.45, 2.75) is 32.1 Å². The third-order valence-corrected chi connectivity index (χ3v) is 3.72. The van der Waals surface area contributed by atoms with Crippen molar-refractivity contribution in [3.05, 3.63) is 0 Å². The van der Waals surface area contributed by atoms with Gasteiger partial charge in [0.1, 0.15) is 0 Å². The molecule has 1 aliphatic heterocycles. The summed E-state index contributed by atoms with van der Waals surface area (Å²) < 4.78 is 0. The number of thioether (sulfide) groups is 1. The van der Waals surface area contributed by atoms with Crippen LogP contribution in [0, 0.1) is 5.92 Å². The first-order chi connectivity index (χ1) is 7.83. The molecule has 16 heavy (non-hydrogen) atoms. The summed E-state index contributed by atoms with van der Waals surface area (Å²) in [6.07, 6.45) is 7.47. The van der Waals surface area contributed by atoms with E-state index in [2.05, 4.69) is 16.9 Å². The van der Waals surface area contributed by atoms with Gasteiger partial charge in [-0.15, -0.1) is 0 Å². The standard InChI is InChI=1S/C12H24N2OS/c1-16-9-3-8-14-12(15)6-5-11-4-2-7-13-10-11/h11,13H,2-10H2,1H3,(H,14,15). The zero-order valence-corrected chi connectivity index (χ0v) is 11.1. The van der Waals surface area contributed by atoms with Gasteiger partial charge in [0.25, 0.3) is 0 Å². The second kappa shape index (κ2) is 8.88. The number of carbonyl (C=O) groups excluding carboxylic acids is 1. The first kappa shape index (κ1) is 13.8. The molecule has 0 aromatic carbocycles. The van der Waals surface area contributed by atoms with Crippen LogP contribution in [0.3, 0.4) is 0 Å². The molecular formula is C12H24N2OS. The van der Waals surface area contributed by atoms with Crippen molar-refractivity contribution in [1.82, 2.24) is 10.6 Å². The van der Waals surface area contributed by atoms with Crippen molar-refractivity contribution in [3.8, 4) is 0 Å². The van der Waals surface area contributed by atoms with Crippen LogP contribution >= 0.6 is 11.8 Å². The molecule has 1 heterocycles. The molecule has 0 bridgehead atoms. The Hall–Kier alpha value is -0.220. The molecule has 1 unspecified atom stereocenters. The molecule has 0 aromatic rings. The summed E-state index contributed by atoms with van der Waals surface area (Å²) in [5, 5.41) is 6.37. The number of amides is 1. The number of hydrogen-bond acceptors (Lipinski definition) is 3. The second-order valence-electron chi connectivity index (χ2n) is 4.45. The highest BCUT2D eigenvalue weighted by molar-refractivity contribution is 7.98. The summed E-state index contributed by atoms with van der Waals surface area (Å²) in [7, 11) is 0. The van der Waals surface area contributed by atoms with E-state index in [9.17, 15) is 4.79 Å². The lowest BCUT2D eigenvalue weighted by Gasteiger charge is -2.22. The molecule has 0 aliphatic carbocycles. The Morgan fingerprint density at radius 1 is 1.56 bits per heavy atom. The van der Waals surface area contributed by atoms with Crippen molar-refractivity contribution >= 4 is 17.7 Å². The zero-order valence-electron chi connectivity index (χ0n) is 10.3. The van der Waals surface area contributed by atoms with E-state index in [4.69, 9.17) is 0 Å². The van der Waals surface area contributed by atoms with E-state index >= 15 is 0 Å². The van der Waals surface area contributed by atoms with Gasteiger partial charge in [0.15, 0.2) is 0 Å². The van der Waals surface area contributed by atoms with Crippen molar-refractivity contribution in [2.75, 3.05) is 31.6 Å². The molecule has 0 spiro atoms. The van der Waals surface area contributed by atoms with Crippen LogP contribution < -0.4 is 10.6 Å². The fourth-order valence-corrected chi connectivity index (χ4v) is 2.47. The molecule has 3 nitrogen and oxygen atoms in total. The summed E-state index contributed by atoms with van der Waals surface area (Å²) in [5.41, 5.74) is 0. The minimum Gasteiger partial charge on any atom is -0.356 e. The van der Waals surface area contributed by atoms with Gasteiger partial charge in [0.05, 0.1) is 0 Å². The second-order valence-corrected chi connectivity index (χ2v) is 5.43. The molecule has 94 valence electrons. The first-order valence-electron chi connectivity index (χ1n) is 6.29.